The molecule has 56 heavy (non-hydrogen) atoms. The molecule has 4 nitrogen and oxygen atoms in total. The number of rotatable bonds is 12. The van der Waals surface area contributed by atoms with Crippen LogP contribution in [0.2, 0.25) is 0 Å². The summed E-state index contributed by atoms with van der Waals surface area (Å²) < 4.78 is 81.6. The Hall–Kier alpha value is -4.38. The third-order valence-corrected chi connectivity index (χ3v) is 11.9. The zero-order chi connectivity index (χ0) is 39.8. The highest BCUT2D eigenvalue weighted by molar-refractivity contribution is 5.95. The van der Waals surface area contributed by atoms with E-state index >= 15 is 0 Å². The van der Waals surface area contributed by atoms with Crippen molar-refractivity contribution in [1.82, 2.24) is 0 Å². The summed E-state index contributed by atoms with van der Waals surface area (Å²) in [6.45, 7) is 9.07. The highest BCUT2D eigenvalue weighted by Gasteiger charge is 2.33. The molecular formula is C48H56F4O4. The van der Waals surface area contributed by atoms with Crippen LogP contribution in [0.5, 0.6) is 23.0 Å². The van der Waals surface area contributed by atoms with Crippen LogP contribution in [0.15, 0.2) is 48.5 Å². The third-order valence-electron chi connectivity index (χ3n) is 11.9. The molecule has 8 heteroatoms. The van der Waals surface area contributed by atoms with Crippen molar-refractivity contribution in [2.45, 2.75) is 117 Å². The van der Waals surface area contributed by atoms with Gasteiger partial charge in [0.05, 0.1) is 13.2 Å². The van der Waals surface area contributed by atoms with Crippen LogP contribution in [-0.4, -0.2) is 25.4 Å². The molecule has 4 aromatic rings. The maximum absolute atomic E-state index is 14.9. The predicted molar refractivity (Wildman–Crippen MR) is 217 cm³/mol. The van der Waals surface area contributed by atoms with E-state index in [9.17, 15) is 17.6 Å². The van der Waals surface area contributed by atoms with Gasteiger partial charge in [-0.05, 0) is 111 Å². The minimum Gasteiger partial charge on any atom is -0.494 e. The second kappa shape index (κ2) is 19.2. The molecular weight excluding hydrogens is 717 g/mol. The third kappa shape index (κ3) is 9.25. The van der Waals surface area contributed by atoms with Crippen molar-refractivity contribution in [1.29, 1.82) is 0 Å². The van der Waals surface area contributed by atoms with Crippen LogP contribution in [0.4, 0.5) is 17.6 Å². The fourth-order valence-electron chi connectivity index (χ4n) is 8.98. The number of fused-ring (bicyclic) bond motifs is 4. The molecule has 2 aliphatic carbocycles. The van der Waals surface area contributed by atoms with Crippen molar-refractivity contribution in [2.24, 2.45) is 23.7 Å². The maximum Gasteiger partial charge on any atom is 0.201 e. The molecule has 1 aliphatic heterocycles. The summed E-state index contributed by atoms with van der Waals surface area (Å²) in [5.41, 5.74) is 0.618. The van der Waals surface area contributed by atoms with Gasteiger partial charge < -0.3 is 18.9 Å². The molecule has 0 aromatic heterocycles. The first-order valence-electron chi connectivity index (χ1n) is 20.8. The lowest BCUT2D eigenvalue weighted by atomic mass is 9.77. The van der Waals surface area contributed by atoms with Crippen molar-refractivity contribution in [3.63, 3.8) is 0 Å². The topological polar surface area (TPSA) is 36.9 Å². The summed E-state index contributed by atoms with van der Waals surface area (Å²) in [5, 5.41) is 1.61. The predicted octanol–water partition coefficient (Wildman–Crippen LogP) is 13.4. The standard InChI is InChI=1S/2C24H28F2O2/c1-3-5-15-6-8-16(9-7-15)21-13-12-19-18-11-10-17(27-4-2)14-20(18)22(25)23(26)24(19)28-21;1-4-7-16-8-10-17(11-9-16)21(5-2)28-22-14-18-12-13-19(27-6-3)15-20(18)23(25)24(22)26/h10-16,21H,3-9H2,1-2H3;2,12-17,21H,4,6-11H2,1,3H3. The number of hydrogen-bond donors (Lipinski definition) is 0. The van der Waals surface area contributed by atoms with E-state index in [4.69, 9.17) is 25.4 Å². The fourth-order valence-corrected chi connectivity index (χ4v) is 8.98. The SMILES string of the molecule is C#CC(Oc1cc2ccc(OCC)cc2c(F)c1F)C1CCC(CCC)CC1.CCCC1CCC(C2C=Cc3c(c(F)c(F)c4cc(OCC)ccc34)O2)CC1. The lowest BCUT2D eigenvalue weighted by molar-refractivity contribution is 0.121. The van der Waals surface area contributed by atoms with Crippen molar-refractivity contribution >= 4 is 27.6 Å². The first-order chi connectivity index (χ1) is 27.2. The van der Waals surface area contributed by atoms with Gasteiger partial charge in [0.2, 0.25) is 11.6 Å². The average Bonchev–Trinajstić information content (AvgIpc) is 3.22. The quantitative estimate of drug-likeness (QED) is 0.106. The Bertz CT molecular complexity index is 2020. The van der Waals surface area contributed by atoms with Gasteiger partial charge in [0, 0.05) is 22.3 Å². The Morgan fingerprint density at radius 2 is 1.29 bits per heavy atom. The van der Waals surface area contributed by atoms with E-state index in [0.717, 1.165) is 50.4 Å². The van der Waals surface area contributed by atoms with Crippen LogP contribution in [0, 0.1) is 59.3 Å². The van der Waals surface area contributed by atoms with Crippen LogP contribution >= 0.6 is 0 Å². The van der Waals surface area contributed by atoms with Crippen LogP contribution in [0.25, 0.3) is 27.6 Å². The molecule has 2 atom stereocenters. The van der Waals surface area contributed by atoms with Gasteiger partial charge >= 0.3 is 0 Å². The second-order valence-corrected chi connectivity index (χ2v) is 15.6. The summed E-state index contributed by atoms with van der Waals surface area (Å²) in [7, 11) is 0. The van der Waals surface area contributed by atoms with Crippen molar-refractivity contribution in [2.75, 3.05) is 13.2 Å². The van der Waals surface area contributed by atoms with Gasteiger partial charge in [0.25, 0.3) is 0 Å². The van der Waals surface area contributed by atoms with Crippen molar-refractivity contribution in [3.05, 3.63) is 77.4 Å². The van der Waals surface area contributed by atoms with Crippen molar-refractivity contribution in [3.8, 4) is 35.3 Å². The number of ether oxygens (including phenoxy) is 4. The van der Waals surface area contributed by atoms with E-state index in [1.165, 1.54) is 50.7 Å². The summed E-state index contributed by atoms with van der Waals surface area (Å²) in [5.74, 6) is 2.04. The van der Waals surface area contributed by atoms with Crippen LogP contribution in [-0.2, 0) is 0 Å². The van der Waals surface area contributed by atoms with E-state index in [0.29, 0.717) is 47.0 Å². The molecule has 1 heterocycles. The highest BCUT2D eigenvalue weighted by Crippen LogP contribution is 2.43. The molecule has 3 aliphatic rings. The lowest BCUT2D eigenvalue weighted by Gasteiger charge is -2.34. The van der Waals surface area contributed by atoms with Gasteiger partial charge in [-0.25, -0.2) is 8.78 Å². The van der Waals surface area contributed by atoms with E-state index in [1.807, 2.05) is 26.0 Å². The summed E-state index contributed by atoms with van der Waals surface area (Å²) in [4.78, 5) is 0. The Morgan fingerprint density at radius 1 is 0.696 bits per heavy atom. The van der Waals surface area contributed by atoms with E-state index in [2.05, 4.69) is 19.8 Å². The molecule has 300 valence electrons. The minimum atomic E-state index is -0.999. The zero-order valence-electron chi connectivity index (χ0n) is 33.3. The number of halogens is 4. The molecule has 0 bridgehead atoms. The van der Waals surface area contributed by atoms with E-state index in [1.54, 1.807) is 30.3 Å². The number of benzene rings is 4. The zero-order valence-corrected chi connectivity index (χ0v) is 33.3. The molecule has 4 aromatic carbocycles. The maximum atomic E-state index is 14.9. The fraction of sp³-hybridized carbons (Fsp3) is 0.500. The molecule has 0 saturated heterocycles. The molecule has 7 rings (SSSR count). The van der Waals surface area contributed by atoms with Crippen LogP contribution in [0.1, 0.15) is 110 Å². The molecule has 0 N–H and O–H groups in total. The van der Waals surface area contributed by atoms with Gasteiger partial charge in [-0.3, -0.25) is 0 Å². The van der Waals surface area contributed by atoms with Gasteiger partial charge in [0.15, 0.2) is 29.2 Å². The number of terminal acetylenes is 1. The van der Waals surface area contributed by atoms with Gasteiger partial charge in [-0.15, -0.1) is 6.42 Å². The Balaban J connectivity index is 0.000000190. The number of hydrogen-bond acceptors (Lipinski definition) is 4. The normalized spacial score (nSPS) is 22.3. The molecule has 0 amide bonds. The Kier molecular flexibility index (Phi) is 14.1. The van der Waals surface area contributed by atoms with E-state index in [-0.39, 0.29) is 34.3 Å². The summed E-state index contributed by atoms with van der Waals surface area (Å²) in [6.07, 6.45) is 22.6. The smallest absolute Gasteiger partial charge is 0.201 e. The molecule has 0 spiro atoms. The van der Waals surface area contributed by atoms with Crippen LogP contribution in [0.3, 0.4) is 0 Å². The first kappa shape index (κ1) is 41.3. The molecule has 0 radical (unpaired) electrons. The summed E-state index contributed by atoms with van der Waals surface area (Å²) in [6, 6.07) is 11.6. The summed E-state index contributed by atoms with van der Waals surface area (Å²) >= 11 is 0. The minimum absolute atomic E-state index is 0.0531. The lowest BCUT2D eigenvalue weighted by Crippen LogP contribution is -2.31. The van der Waals surface area contributed by atoms with Crippen molar-refractivity contribution < 1.29 is 36.5 Å². The monoisotopic (exact) mass is 772 g/mol. The average molecular weight is 773 g/mol. The second-order valence-electron chi connectivity index (χ2n) is 15.6. The van der Waals surface area contributed by atoms with E-state index < -0.39 is 29.4 Å². The van der Waals surface area contributed by atoms with Gasteiger partial charge in [-0.1, -0.05) is 83.3 Å². The van der Waals surface area contributed by atoms with Gasteiger partial charge in [-0.2, -0.15) is 8.78 Å². The Labute approximate surface area is 329 Å². The molecule has 2 saturated carbocycles. The highest BCUT2D eigenvalue weighted by atomic mass is 19.2. The largest absolute Gasteiger partial charge is 0.494 e. The van der Waals surface area contributed by atoms with Crippen LogP contribution < -0.4 is 18.9 Å². The molecule has 2 fully saturated rings. The molecule has 2 unspecified atom stereocenters. The first-order valence-corrected chi connectivity index (χ1v) is 20.8. The Morgan fingerprint density at radius 3 is 1.89 bits per heavy atom. The van der Waals surface area contributed by atoms with Gasteiger partial charge in [0.1, 0.15) is 17.6 Å².